The van der Waals surface area contributed by atoms with Gasteiger partial charge in [0.2, 0.25) is 0 Å². The van der Waals surface area contributed by atoms with Crippen molar-refractivity contribution in [2.45, 2.75) is 38.9 Å². The molecule has 110 valence electrons. The average Bonchev–Trinajstić information content (AvgIpc) is 2.82. The van der Waals surface area contributed by atoms with Crippen molar-refractivity contribution in [1.82, 2.24) is 14.9 Å². The van der Waals surface area contributed by atoms with Gasteiger partial charge in [-0.1, -0.05) is 30.3 Å². The Kier molecular flexibility index (Phi) is 4.15. The normalized spacial score (nSPS) is 22.4. The van der Waals surface area contributed by atoms with Crippen LogP contribution < -0.4 is 5.32 Å². The zero-order valence-corrected chi connectivity index (χ0v) is 12.7. The van der Waals surface area contributed by atoms with Gasteiger partial charge in [0.25, 0.3) is 0 Å². The fourth-order valence-electron chi connectivity index (χ4n) is 2.94. The van der Waals surface area contributed by atoms with Crippen LogP contribution in [0.4, 0.5) is 5.69 Å². The molecule has 1 aliphatic heterocycles. The maximum absolute atomic E-state index is 4.24. The Bertz CT molecular complexity index is 567. The maximum atomic E-state index is 4.24. The fourth-order valence-corrected chi connectivity index (χ4v) is 2.94. The van der Waals surface area contributed by atoms with Crippen LogP contribution in [-0.4, -0.2) is 33.5 Å². The summed E-state index contributed by atoms with van der Waals surface area (Å²) in [5, 5.41) is 3.55. The summed E-state index contributed by atoms with van der Waals surface area (Å²) in [5.41, 5.74) is 2.39. The molecule has 1 saturated heterocycles. The molecule has 2 atom stereocenters. The lowest BCUT2D eigenvalue weighted by atomic mass is 10.2. The van der Waals surface area contributed by atoms with Crippen LogP contribution in [0.15, 0.2) is 42.7 Å². The second-order valence-electron chi connectivity index (χ2n) is 5.86. The second kappa shape index (κ2) is 6.22. The Balaban J connectivity index is 1.59. The van der Waals surface area contributed by atoms with Crippen molar-refractivity contribution in [3.05, 3.63) is 54.1 Å². The third-order valence-electron chi connectivity index (χ3n) is 4.08. The molecule has 1 aliphatic rings. The number of benzene rings is 1. The minimum Gasteiger partial charge on any atom is -0.378 e. The molecule has 0 radical (unpaired) electrons. The number of anilines is 1. The van der Waals surface area contributed by atoms with Crippen molar-refractivity contribution in [3.63, 3.8) is 0 Å². The molecule has 21 heavy (non-hydrogen) atoms. The van der Waals surface area contributed by atoms with Gasteiger partial charge in [-0.05, 0) is 25.8 Å². The summed E-state index contributed by atoms with van der Waals surface area (Å²) in [6.07, 6.45) is 4.89. The Morgan fingerprint density at radius 3 is 2.62 bits per heavy atom. The summed E-state index contributed by atoms with van der Waals surface area (Å²) >= 11 is 0. The van der Waals surface area contributed by atoms with E-state index in [1.165, 1.54) is 5.56 Å². The van der Waals surface area contributed by atoms with Crippen molar-refractivity contribution >= 4 is 5.69 Å². The zero-order valence-electron chi connectivity index (χ0n) is 12.7. The van der Waals surface area contributed by atoms with E-state index in [0.29, 0.717) is 12.1 Å². The molecule has 0 bridgehead atoms. The first kappa shape index (κ1) is 14.0. The van der Waals surface area contributed by atoms with Gasteiger partial charge in [-0.15, -0.1) is 0 Å². The lowest BCUT2D eigenvalue weighted by Crippen LogP contribution is -2.28. The van der Waals surface area contributed by atoms with Gasteiger partial charge in [-0.3, -0.25) is 4.90 Å². The van der Waals surface area contributed by atoms with E-state index < -0.39 is 0 Å². The molecule has 4 heteroatoms. The van der Waals surface area contributed by atoms with Crippen LogP contribution in [0.3, 0.4) is 0 Å². The van der Waals surface area contributed by atoms with Gasteiger partial charge in [-0.2, -0.15) is 0 Å². The number of aryl methyl sites for hydroxylation is 1. The molecule has 0 saturated carbocycles. The number of nitrogens with one attached hydrogen (secondary N) is 1. The molecule has 0 spiro atoms. The highest BCUT2D eigenvalue weighted by atomic mass is 15.2. The van der Waals surface area contributed by atoms with Crippen molar-refractivity contribution in [2.24, 2.45) is 0 Å². The lowest BCUT2D eigenvalue weighted by Gasteiger charge is -2.21. The van der Waals surface area contributed by atoms with Gasteiger partial charge >= 0.3 is 0 Å². The summed E-state index contributed by atoms with van der Waals surface area (Å²) in [6.45, 7) is 6.29. The summed E-state index contributed by atoms with van der Waals surface area (Å²) in [4.78, 5) is 11.0. The molecule has 0 amide bonds. The molecule has 2 unspecified atom stereocenters. The van der Waals surface area contributed by atoms with Gasteiger partial charge in [0, 0.05) is 25.2 Å². The molecule has 4 nitrogen and oxygen atoms in total. The number of aromatic nitrogens is 2. The van der Waals surface area contributed by atoms with E-state index in [1.807, 2.05) is 19.3 Å². The van der Waals surface area contributed by atoms with E-state index in [4.69, 9.17) is 0 Å². The van der Waals surface area contributed by atoms with Crippen molar-refractivity contribution < 1.29 is 0 Å². The van der Waals surface area contributed by atoms with Crippen LogP contribution in [0.25, 0.3) is 0 Å². The minimum atomic E-state index is 0.468. The molecular formula is C17H22N4. The van der Waals surface area contributed by atoms with Crippen LogP contribution in [0, 0.1) is 6.92 Å². The fraction of sp³-hybridized carbons (Fsp3) is 0.412. The SMILES string of the molecule is Cc1ncc(NC2CC(C)N(Cc3ccccc3)C2)cn1. The summed E-state index contributed by atoms with van der Waals surface area (Å²) in [6, 6.07) is 11.7. The predicted molar refractivity (Wildman–Crippen MR) is 85.1 cm³/mol. The van der Waals surface area contributed by atoms with Crippen LogP contribution in [0.1, 0.15) is 24.7 Å². The largest absolute Gasteiger partial charge is 0.378 e. The van der Waals surface area contributed by atoms with Gasteiger partial charge in [0.05, 0.1) is 18.1 Å². The molecule has 2 aromatic rings. The monoisotopic (exact) mass is 282 g/mol. The standard InChI is InChI=1S/C17H22N4/c1-13-8-16(20-17-9-18-14(2)19-10-17)12-21(13)11-15-6-4-3-5-7-15/h3-7,9-10,13,16,20H,8,11-12H2,1-2H3. The third kappa shape index (κ3) is 3.58. The molecular weight excluding hydrogens is 260 g/mol. The van der Waals surface area contributed by atoms with E-state index in [1.54, 1.807) is 0 Å². The first-order chi connectivity index (χ1) is 10.2. The number of hydrogen-bond acceptors (Lipinski definition) is 4. The first-order valence-corrected chi connectivity index (χ1v) is 7.54. The van der Waals surface area contributed by atoms with Crippen LogP contribution in [0.5, 0.6) is 0 Å². The maximum Gasteiger partial charge on any atom is 0.125 e. The molecule has 2 heterocycles. The summed E-state index contributed by atoms with van der Waals surface area (Å²) < 4.78 is 0. The summed E-state index contributed by atoms with van der Waals surface area (Å²) in [7, 11) is 0. The Labute approximate surface area is 126 Å². The molecule has 1 N–H and O–H groups in total. The van der Waals surface area contributed by atoms with E-state index >= 15 is 0 Å². The quantitative estimate of drug-likeness (QED) is 0.936. The second-order valence-corrected chi connectivity index (χ2v) is 5.86. The Morgan fingerprint density at radius 2 is 1.90 bits per heavy atom. The average molecular weight is 282 g/mol. The van der Waals surface area contributed by atoms with Crippen LogP contribution in [0.2, 0.25) is 0 Å². The molecule has 1 aromatic carbocycles. The number of nitrogens with zero attached hydrogens (tertiary/aromatic N) is 3. The van der Waals surface area contributed by atoms with Crippen molar-refractivity contribution in [3.8, 4) is 0 Å². The van der Waals surface area contributed by atoms with E-state index in [2.05, 4.69) is 57.4 Å². The highest BCUT2D eigenvalue weighted by Crippen LogP contribution is 2.22. The number of rotatable bonds is 4. The van der Waals surface area contributed by atoms with E-state index in [0.717, 1.165) is 31.0 Å². The Hall–Kier alpha value is -1.94. The number of likely N-dealkylation sites (tertiary alicyclic amines) is 1. The smallest absolute Gasteiger partial charge is 0.125 e. The molecule has 0 aliphatic carbocycles. The topological polar surface area (TPSA) is 41.1 Å². The summed E-state index contributed by atoms with van der Waals surface area (Å²) in [5.74, 6) is 0.811. The number of hydrogen-bond donors (Lipinski definition) is 1. The third-order valence-corrected chi connectivity index (χ3v) is 4.08. The van der Waals surface area contributed by atoms with Gasteiger partial charge < -0.3 is 5.32 Å². The molecule has 1 aromatic heterocycles. The van der Waals surface area contributed by atoms with Crippen molar-refractivity contribution in [2.75, 3.05) is 11.9 Å². The lowest BCUT2D eigenvalue weighted by molar-refractivity contribution is 0.259. The Morgan fingerprint density at radius 1 is 1.19 bits per heavy atom. The first-order valence-electron chi connectivity index (χ1n) is 7.54. The van der Waals surface area contributed by atoms with Gasteiger partial charge in [0.15, 0.2) is 0 Å². The van der Waals surface area contributed by atoms with E-state index in [-0.39, 0.29) is 0 Å². The molecule has 3 rings (SSSR count). The van der Waals surface area contributed by atoms with Crippen molar-refractivity contribution in [1.29, 1.82) is 0 Å². The van der Waals surface area contributed by atoms with E-state index in [9.17, 15) is 0 Å². The predicted octanol–water partition coefficient (Wildman–Crippen LogP) is 2.86. The minimum absolute atomic E-state index is 0.468. The van der Waals surface area contributed by atoms with Gasteiger partial charge in [0.1, 0.15) is 5.82 Å². The van der Waals surface area contributed by atoms with Crippen LogP contribution >= 0.6 is 0 Å². The zero-order chi connectivity index (χ0) is 14.7. The molecule has 1 fully saturated rings. The van der Waals surface area contributed by atoms with Gasteiger partial charge in [-0.25, -0.2) is 9.97 Å². The van der Waals surface area contributed by atoms with Crippen LogP contribution in [-0.2, 0) is 6.54 Å². The highest BCUT2D eigenvalue weighted by molar-refractivity contribution is 5.39. The highest BCUT2D eigenvalue weighted by Gasteiger charge is 2.28.